The van der Waals surface area contributed by atoms with Crippen molar-refractivity contribution in [2.24, 2.45) is 7.05 Å². The second-order valence-corrected chi connectivity index (χ2v) is 7.50. The Morgan fingerprint density at radius 3 is 2.80 bits per heavy atom. The maximum atomic E-state index is 12.5. The lowest BCUT2D eigenvalue weighted by molar-refractivity contribution is -0.122. The predicted octanol–water partition coefficient (Wildman–Crippen LogP) is 2.41. The molecule has 5 heteroatoms. The number of benzene rings is 1. The van der Waals surface area contributed by atoms with Crippen molar-refractivity contribution in [2.45, 2.75) is 37.1 Å². The van der Waals surface area contributed by atoms with Gasteiger partial charge in [-0.3, -0.25) is 14.4 Å². The highest BCUT2D eigenvalue weighted by Crippen LogP contribution is 2.47. The Kier molecular flexibility index (Phi) is 4.34. The van der Waals surface area contributed by atoms with E-state index in [1.54, 1.807) is 0 Å². The minimum absolute atomic E-state index is 0.137. The van der Waals surface area contributed by atoms with Gasteiger partial charge in [0.25, 0.3) is 0 Å². The second kappa shape index (κ2) is 6.64. The van der Waals surface area contributed by atoms with Gasteiger partial charge in [-0.25, -0.2) is 0 Å². The molecule has 25 heavy (non-hydrogen) atoms. The molecule has 1 N–H and O–H groups in total. The number of likely N-dealkylation sites (tertiary alicyclic amines) is 1. The Balaban J connectivity index is 1.33. The van der Waals surface area contributed by atoms with E-state index in [4.69, 9.17) is 0 Å². The van der Waals surface area contributed by atoms with Crippen LogP contribution in [-0.4, -0.2) is 40.2 Å². The van der Waals surface area contributed by atoms with Crippen molar-refractivity contribution in [3.05, 3.63) is 53.9 Å². The summed E-state index contributed by atoms with van der Waals surface area (Å²) in [6.07, 6.45) is 8.57. The lowest BCUT2D eigenvalue weighted by Gasteiger charge is -2.24. The largest absolute Gasteiger partial charge is 0.354 e. The molecule has 1 amide bonds. The van der Waals surface area contributed by atoms with Gasteiger partial charge in [-0.15, -0.1) is 0 Å². The van der Waals surface area contributed by atoms with Crippen LogP contribution in [0.25, 0.3) is 0 Å². The van der Waals surface area contributed by atoms with Gasteiger partial charge < -0.3 is 5.32 Å². The van der Waals surface area contributed by atoms with Crippen molar-refractivity contribution < 1.29 is 4.79 Å². The Morgan fingerprint density at radius 1 is 1.32 bits per heavy atom. The van der Waals surface area contributed by atoms with Crippen LogP contribution < -0.4 is 5.32 Å². The van der Waals surface area contributed by atoms with Gasteiger partial charge in [0.1, 0.15) is 0 Å². The zero-order valence-electron chi connectivity index (χ0n) is 14.8. The van der Waals surface area contributed by atoms with Gasteiger partial charge in [0, 0.05) is 36.8 Å². The highest BCUT2D eigenvalue weighted by Gasteiger charge is 2.44. The van der Waals surface area contributed by atoms with Crippen molar-refractivity contribution in [3.63, 3.8) is 0 Å². The van der Waals surface area contributed by atoms with Crippen molar-refractivity contribution >= 4 is 5.91 Å². The topological polar surface area (TPSA) is 50.2 Å². The van der Waals surface area contributed by atoms with Crippen LogP contribution in [0.4, 0.5) is 0 Å². The lowest BCUT2D eigenvalue weighted by Crippen LogP contribution is -2.40. The first-order chi connectivity index (χ1) is 12.2. The number of aromatic nitrogens is 2. The fourth-order valence-corrected chi connectivity index (χ4v) is 4.02. The molecule has 0 radical (unpaired) electrons. The van der Waals surface area contributed by atoms with Crippen LogP contribution in [0.1, 0.15) is 42.9 Å². The Hall–Kier alpha value is -2.14. The smallest absolute Gasteiger partial charge is 0.234 e. The van der Waals surface area contributed by atoms with Crippen molar-refractivity contribution in [3.8, 4) is 0 Å². The molecule has 0 spiro atoms. The van der Waals surface area contributed by atoms with Crippen LogP contribution in [0.2, 0.25) is 0 Å². The molecule has 1 aromatic heterocycles. The zero-order chi connectivity index (χ0) is 17.3. The number of nitrogens with one attached hydrogen (secondary N) is 1. The molecule has 0 bridgehead atoms. The van der Waals surface area contributed by atoms with Gasteiger partial charge in [-0.2, -0.15) is 5.10 Å². The average molecular weight is 338 g/mol. The molecule has 2 heterocycles. The van der Waals surface area contributed by atoms with Crippen LogP contribution in [0, 0.1) is 0 Å². The Labute approximate surface area is 149 Å². The van der Waals surface area contributed by atoms with Gasteiger partial charge >= 0.3 is 0 Å². The van der Waals surface area contributed by atoms with E-state index >= 15 is 0 Å². The normalized spacial score (nSPS) is 22.0. The molecule has 1 atom stereocenters. The summed E-state index contributed by atoms with van der Waals surface area (Å²) >= 11 is 0. The Morgan fingerprint density at radius 2 is 2.12 bits per heavy atom. The van der Waals surface area contributed by atoms with E-state index in [1.807, 2.05) is 24.0 Å². The van der Waals surface area contributed by atoms with Crippen molar-refractivity contribution in [1.29, 1.82) is 0 Å². The standard InChI is InChI=1S/C20H26N4O/c1-23-13-16(12-22-23)18-8-5-11-24(18)14-19(25)21-15-20(9-10-20)17-6-3-2-4-7-17/h2-4,6-7,12-13,18H,5,8-11,14-15H2,1H3,(H,21,25)/t18-/m1/s1. The van der Waals surface area contributed by atoms with Crippen LogP contribution in [0.15, 0.2) is 42.7 Å². The van der Waals surface area contributed by atoms with Gasteiger partial charge in [0.2, 0.25) is 5.91 Å². The van der Waals surface area contributed by atoms with Gasteiger partial charge in [-0.05, 0) is 37.8 Å². The minimum Gasteiger partial charge on any atom is -0.354 e. The minimum atomic E-state index is 0.137. The number of amides is 1. The molecule has 2 aromatic rings. The molecule has 2 fully saturated rings. The summed E-state index contributed by atoms with van der Waals surface area (Å²) in [5.41, 5.74) is 2.74. The first kappa shape index (κ1) is 16.3. The Bertz CT molecular complexity index is 735. The molecule has 2 aliphatic rings. The molecular weight excluding hydrogens is 312 g/mol. The number of hydrogen-bond donors (Lipinski definition) is 1. The number of nitrogens with zero attached hydrogens (tertiary/aromatic N) is 3. The fourth-order valence-electron chi connectivity index (χ4n) is 4.02. The summed E-state index contributed by atoms with van der Waals surface area (Å²) in [5, 5.41) is 7.46. The van der Waals surface area contributed by atoms with E-state index in [0.29, 0.717) is 12.6 Å². The SMILES string of the molecule is Cn1cc([C@H]2CCCN2CC(=O)NCC2(c3ccccc3)CC2)cn1. The predicted molar refractivity (Wildman–Crippen MR) is 97.1 cm³/mol. The average Bonchev–Trinajstić information content (AvgIpc) is 3.08. The van der Waals surface area contributed by atoms with E-state index in [2.05, 4.69) is 45.8 Å². The first-order valence-corrected chi connectivity index (χ1v) is 9.21. The van der Waals surface area contributed by atoms with Crippen LogP contribution in [0.5, 0.6) is 0 Å². The maximum Gasteiger partial charge on any atom is 0.234 e. The third-order valence-corrected chi connectivity index (χ3v) is 5.68. The summed E-state index contributed by atoms with van der Waals surface area (Å²) in [4.78, 5) is 14.8. The molecule has 5 nitrogen and oxygen atoms in total. The summed E-state index contributed by atoms with van der Waals surface area (Å²) in [6.45, 7) is 2.21. The third-order valence-electron chi connectivity index (χ3n) is 5.68. The molecule has 1 saturated heterocycles. The summed E-state index contributed by atoms with van der Waals surface area (Å²) < 4.78 is 1.84. The number of aryl methyl sites for hydroxylation is 1. The summed E-state index contributed by atoms with van der Waals surface area (Å²) in [5.74, 6) is 0.137. The molecule has 132 valence electrons. The highest BCUT2D eigenvalue weighted by molar-refractivity contribution is 5.78. The fraction of sp³-hybridized carbons (Fsp3) is 0.500. The molecular formula is C20H26N4O. The van der Waals surface area contributed by atoms with E-state index in [9.17, 15) is 4.79 Å². The number of carbonyl (C=O) groups excluding carboxylic acids is 1. The van der Waals surface area contributed by atoms with E-state index in [0.717, 1.165) is 25.9 Å². The third kappa shape index (κ3) is 3.47. The molecule has 1 aliphatic carbocycles. The number of carbonyl (C=O) groups is 1. The van der Waals surface area contributed by atoms with Crippen LogP contribution in [-0.2, 0) is 17.3 Å². The van der Waals surface area contributed by atoms with Gasteiger partial charge in [0.05, 0.1) is 12.7 Å². The van der Waals surface area contributed by atoms with E-state index < -0.39 is 0 Å². The molecule has 1 saturated carbocycles. The first-order valence-electron chi connectivity index (χ1n) is 9.21. The molecule has 1 aliphatic heterocycles. The molecule has 4 rings (SSSR count). The maximum absolute atomic E-state index is 12.5. The number of rotatable bonds is 6. The number of hydrogen-bond acceptors (Lipinski definition) is 3. The van der Waals surface area contributed by atoms with Crippen LogP contribution in [0.3, 0.4) is 0 Å². The molecule has 0 unspecified atom stereocenters. The van der Waals surface area contributed by atoms with E-state index in [-0.39, 0.29) is 11.3 Å². The summed E-state index contributed by atoms with van der Waals surface area (Å²) in [7, 11) is 1.94. The summed E-state index contributed by atoms with van der Waals surface area (Å²) in [6, 6.07) is 10.9. The highest BCUT2D eigenvalue weighted by atomic mass is 16.2. The van der Waals surface area contributed by atoms with Crippen LogP contribution >= 0.6 is 0 Å². The van der Waals surface area contributed by atoms with Crippen molar-refractivity contribution in [2.75, 3.05) is 19.6 Å². The van der Waals surface area contributed by atoms with Crippen molar-refractivity contribution in [1.82, 2.24) is 20.0 Å². The van der Waals surface area contributed by atoms with E-state index in [1.165, 1.54) is 24.0 Å². The van der Waals surface area contributed by atoms with Gasteiger partial charge in [0.15, 0.2) is 0 Å². The molecule has 1 aromatic carbocycles. The van der Waals surface area contributed by atoms with Gasteiger partial charge in [-0.1, -0.05) is 30.3 Å². The zero-order valence-corrected chi connectivity index (χ0v) is 14.8. The quantitative estimate of drug-likeness (QED) is 0.880. The second-order valence-electron chi connectivity index (χ2n) is 7.50. The monoisotopic (exact) mass is 338 g/mol. The lowest BCUT2D eigenvalue weighted by atomic mass is 9.96.